The summed E-state index contributed by atoms with van der Waals surface area (Å²) in [5, 5.41) is 22.9. The third-order valence-corrected chi connectivity index (χ3v) is 4.82. The van der Waals surface area contributed by atoms with Crippen molar-refractivity contribution in [3.63, 3.8) is 0 Å². The molecule has 0 aromatic heterocycles. The Labute approximate surface area is 141 Å². The minimum absolute atomic E-state index is 0.00870. The van der Waals surface area contributed by atoms with E-state index in [1.807, 2.05) is 6.92 Å². The minimum atomic E-state index is -0.772. The van der Waals surface area contributed by atoms with Gasteiger partial charge in [0.1, 0.15) is 6.04 Å². The molecule has 2 radical (unpaired) electrons. The first-order valence-electron chi connectivity index (χ1n) is 8.85. The van der Waals surface area contributed by atoms with Crippen LogP contribution < -0.4 is 0 Å². The lowest BCUT2D eigenvalue weighted by atomic mass is 9.73. The fourth-order valence-corrected chi connectivity index (χ4v) is 3.29. The van der Waals surface area contributed by atoms with Gasteiger partial charge < -0.3 is 14.9 Å². The Kier molecular flexibility index (Phi) is 8.73. The van der Waals surface area contributed by atoms with Crippen LogP contribution in [0.25, 0.3) is 0 Å². The molecule has 2 N–H and O–H groups in total. The highest BCUT2D eigenvalue weighted by Gasteiger charge is 2.39. The molecule has 1 rings (SSSR count). The Bertz CT molecular complexity index is 353. The normalized spacial score (nSPS) is 30.7. The van der Waals surface area contributed by atoms with Crippen LogP contribution in [0.1, 0.15) is 59.8 Å². The van der Waals surface area contributed by atoms with E-state index in [-0.39, 0.29) is 12.0 Å². The third kappa shape index (κ3) is 6.51. The topological polar surface area (TPSA) is 79.1 Å². The largest absolute Gasteiger partial charge is 0.390 e. The molecule has 1 saturated carbocycles. The van der Waals surface area contributed by atoms with Crippen molar-refractivity contribution in [2.24, 2.45) is 17.0 Å². The number of hydrogen-bond acceptors (Lipinski definition) is 5. The average molecular weight is 325 g/mol. The number of aliphatic hydroxyl groups is 2. The standard InChI is InChI=1S/C17H32BNO4/c1-10(2)5-6-11(3)23-17(16(19-22)12(4)18)13-7-8-14(20)15(21)9-13/h10-17,20-21H,5-9H2,1-4H3/t11?,12?,13-,14?,15?,16?,17?/m1/s1. The Morgan fingerprint density at radius 2 is 1.78 bits per heavy atom. The molecule has 0 aromatic rings. The molecule has 1 aliphatic carbocycles. The molecule has 7 atom stereocenters. The molecule has 1 aliphatic rings. The third-order valence-electron chi connectivity index (χ3n) is 4.82. The van der Waals surface area contributed by atoms with E-state index < -0.39 is 30.2 Å². The summed E-state index contributed by atoms with van der Waals surface area (Å²) in [6.07, 6.45) is 1.74. The lowest BCUT2D eigenvalue weighted by Gasteiger charge is -2.39. The van der Waals surface area contributed by atoms with E-state index in [4.69, 9.17) is 12.6 Å². The molecule has 6 unspecified atom stereocenters. The van der Waals surface area contributed by atoms with Crippen LogP contribution in [-0.4, -0.2) is 48.5 Å². The van der Waals surface area contributed by atoms with Crippen molar-refractivity contribution in [1.82, 2.24) is 0 Å². The molecule has 5 nitrogen and oxygen atoms in total. The Balaban J connectivity index is 2.78. The van der Waals surface area contributed by atoms with Gasteiger partial charge in [0.25, 0.3) is 0 Å². The first-order valence-corrected chi connectivity index (χ1v) is 8.85. The first kappa shape index (κ1) is 20.6. The van der Waals surface area contributed by atoms with E-state index in [0.717, 1.165) is 12.8 Å². The molecule has 23 heavy (non-hydrogen) atoms. The van der Waals surface area contributed by atoms with Crippen LogP contribution in [0.3, 0.4) is 0 Å². The molecule has 0 spiro atoms. The summed E-state index contributed by atoms with van der Waals surface area (Å²) in [6.45, 7) is 8.10. The molecule has 0 saturated heterocycles. The number of nitroso groups, excluding NO2 is 1. The van der Waals surface area contributed by atoms with Gasteiger partial charge in [-0.2, -0.15) is 4.91 Å². The van der Waals surface area contributed by atoms with E-state index in [1.165, 1.54) is 0 Å². The zero-order valence-corrected chi connectivity index (χ0v) is 14.9. The molecular formula is C17H32BNO4. The van der Waals surface area contributed by atoms with Gasteiger partial charge in [-0.1, -0.05) is 31.8 Å². The summed E-state index contributed by atoms with van der Waals surface area (Å²) in [4.78, 5) is 11.3. The second-order valence-corrected chi connectivity index (χ2v) is 7.55. The highest BCUT2D eigenvalue weighted by Crippen LogP contribution is 2.34. The van der Waals surface area contributed by atoms with Crippen molar-refractivity contribution in [3.05, 3.63) is 4.91 Å². The number of rotatable bonds is 9. The summed E-state index contributed by atoms with van der Waals surface area (Å²) in [5.74, 6) is 0.182. The minimum Gasteiger partial charge on any atom is -0.390 e. The lowest BCUT2D eigenvalue weighted by molar-refractivity contribution is -0.0951. The molecule has 0 heterocycles. The second kappa shape index (κ2) is 9.75. The van der Waals surface area contributed by atoms with Crippen LogP contribution >= 0.6 is 0 Å². The smallest absolute Gasteiger partial charge is 0.113 e. The van der Waals surface area contributed by atoms with Crippen LogP contribution in [0.2, 0.25) is 5.82 Å². The SMILES string of the molecule is [B]C(C)C(N=O)C(OC(C)CCC(C)C)[C@@H]1CCC(O)C(O)C1. The zero-order chi connectivity index (χ0) is 17.6. The molecule has 0 aliphatic heterocycles. The van der Waals surface area contributed by atoms with Gasteiger partial charge in [0, 0.05) is 0 Å². The number of nitrogens with zero attached hydrogens (tertiary/aromatic N) is 1. The van der Waals surface area contributed by atoms with Gasteiger partial charge in [0.05, 0.1) is 32.3 Å². The van der Waals surface area contributed by atoms with Crippen molar-refractivity contribution in [3.8, 4) is 0 Å². The van der Waals surface area contributed by atoms with Crippen molar-refractivity contribution >= 4 is 7.85 Å². The van der Waals surface area contributed by atoms with E-state index >= 15 is 0 Å². The molecule has 0 bridgehead atoms. The van der Waals surface area contributed by atoms with Gasteiger partial charge in [0.15, 0.2) is 0 Å². The first-order chi connectivity index (χ1) is 10.8. The van der Waals surface area contributed by atoms with E-state index in [2.05, 4.69) is 19.0 Å². The number of aliphatic hydroxyl groups excluding tert-OH is 2. The zero-order valence-electron chi connectivity index (χ0n) is 14.9. The molecule has 1 fully saturated rings. The van der Waals surface area contributed by atoms with Crippen molar-refractivity contribution in [2.45, 2.75) is 96.1 Å². The van der Waals surface area contributed by atoms with Gasteiger partial charge in [-0.25, -0.2) is 0 Å². The fraction of sp³-hybridized carbons (Fsp3) is 1.00. The van der Waals surface area contributed by atoms with Crippen LogP contribution in [0, 0.1) is 16.7 Å². The number of hydrogen-bond donors (Lipinski definition) is 2. The molecule has 132 valence electrons. The summed E-state index contributed by atoms with van der Waals surface area (Å²) in [7, 11) is 5.93. The second-order valence-electron chi connectivity index (χ2n) is 7.55. The fourth-order valence-electron chi connectivity index (χ4n) is 3.29. The van der Waals surface area contributed by atoms with E-state index in [9.17, 15) is 15.1 Å². The summed E-state index contributed by atoms with van der Waals surface area (Å²) in [5.41, 5.74) is 0. The van der Waals surface area contributed by atoms with E-state index in [0.29, 0.717) is 25.2 Å². The molecule has 6 heteroatoms. The summed E-state index contributed by atoms with van der Waals surface area (Å²) >= 11 is 0. The summed E-state index contributed by atoms with van der Waals surface area (Å²) < 4.78 is 6.17. The van der Waals surface area contributed by atoms with Crippen molar-refractivity contribution in [2.75, 3.05) is 0 Å². The van der Waals surface area contributed by atoms with Gasteiger partial charge in [-0.15, -0.1) is 0 Å². The molecule has 0 amide bonds. The highest BCUT2D eigenvalue weighted by molar-refractivity contribution is 6.11. The Morgan fingerprint density at radius 3 is 2.26 bits per heavy atom. The quantitative estimate of drug-likeness (QED) is 0.505. The van der Waals surface area contributed by atoms with Gasteiger partial charge >= 0.3 is 0 Å². The lowest BCUT2D eigenvalue weighted by Crippen LogP contribution is -2.45. The van der Waals surface area contributed by atoms with Crippen molar-refractivity contribution in [1.29, 1.82) is 0 Å². The average Bonchev–Trinajstić information content (AvgIpc) is 2.47. The van der Waals surface area contributed by atoms with E-state index in [1.54, 1.807) is 6.92 Å². The predicted octanol–water partition coefficient (Wildman–Crippen LogP) is 2.83. The predicted molar refractivity (Wildman–Crippen MR) is 92.5 cm³/mol. The van der Waals surface area contributed by atoms with Crippen LogP contribution in [0.15, 0.2) is 5.18 Å². The monoisotopic (exact) mass is 325 g/mol. The molecular weight excluding hydrogens is 293 g/mol. The maximum Gasteiger partial charge on any atom is 0.113 e. The van der Waals surface area contributed by atoms with Crippen LogP contribution in [0.5, 0.6) is 0 Å². The highest BCUT2D eigenvalue weighted by atomic mass is 16.5. The van der Waals surface area contributed by atoms with Crippen molar-refractivity contribution < 1.29 is 14.9 Å². The van der Waals surface area contributed by atoms with Crippen LogP contribution in [0.4, 0.5) is 0 Å². The van der Waals surface area contributed by atoms with Gasteiger partial charge in [-0.3, -0.25) is 0 Å². The number of ether oxygens (including phenoxy) is 1. The van der Waals surface area contributed by atoms with Gasteiger partial charge in [0.2, 0.25) is 0 Å². The van der Waals surface area contributed by atoms with Crippen LogP contribution in [-0.2, 0) is 4.74 Å². The maximum atomic E-state index is 11.3. The Morgan fingerprint density at radius 1 is 1.13 bits per heavy atom. The summed E-state index contributed by atoms with van der Waals surface area (Å²) in [6, 6.07) is -0.635. The molecule has 0 aromatic carbocycles. The maximum absolute atomic E-state index is 11.3. The Hall–Kier alpha value is -0.455. The van der Waals surface area contributed by atoms with Gasteiger partial charge in [-0.05, 0) is 50.9 Å².